The van der Waals surface area contributed by atoms with Crippen molar-refractivity contribution in [2.75, 3.05) is 6.61 Å². The van der Waals surface area contributed by atoms with E-state index in [1.165, 1.54) is 0 Å². The number of carbonyl (C=O) groups excluding carboxylic acids is 1. The van der Waals surface area contributed by atoms with E-state index in [4.69, 9.17) is 5.11 Å². The fourth-order valence-electron chi connectivity index (χ4n) is 1.28. The van der Waals surface area contributed by atoms with Crippen LogP contribution in [0.2, 0.25) is 0 Å². The number of hydrogen-bond donors (Lipinski definition) is 3. The van der Waals surface area contributed by atoms with Crippen molar-refractivity contribution in [3.05, 3.63) is 23.3 Å². The van der Waals surface area contributed by atoms with Gasteiger partial charge in [0.25, 0.3) is 0 Å². The molecule has 0 fully saturated rings. The van der Waals surface area contributed by atoms with Crippen molar-refractivity contribution in [3.63, 3.8) is 0 Å². The molecule has 0 aromatic heterocycles. The molecule has 19 heavy (non-hydrogen) atoms. The molecule has 0 aliphatic carbocycles. The molecule has 0 unspecified atom stereocenters. The first-order valence-electron chi connectivity index (χ1n) is 5.39. The number of esters is 1. The van der Waals surface area contributed by atoms with E-state index in [9.17, 15) is 19.8 Å². The number of carboxylic acids is 1. The second-order valence-corrected chi connectivity index (χ2v) is 3.48. The Morgan fingerprint density at radius 1 is 1.26 bits per heavy atom. The molecule has 0 atom stereocenters. The van der Waals surface area contributed by atoms with Gasteiger partial charge in [-0.05, 0) is 19.1 Å². The lowest BCUT2D eigenvalue weighted by Crippen LogP contribution is -2.01. The number of benzene rings is 1. The molecule has 1 aromatic carbocycles. The van der Waals surface area contributed by atoms with E-state index in [1.807, 2.05) is 0 Å². The summed E-state index contributed by atoms with van der Waals surface area (Å²) >= 11 is 0. The van der Waals surface area contributed by atoms with Gasteiger partial charge in [0.2, 0.25) is 0 Å². The molecule has 0 amide bonds. The van der Waals surface area contributed by atoms with Gasteiger partial charge in [0.1, 0.15) is 23.5 Å². The van der Waals surface area contributed by atoms with E-state index in [2.05, 4.69) is 16.6 Å². The third-order valence-electron chi connectivity index (χ3n) is 2.10. The first-order chi connectivity index (χ1) is 8.95. The maximum Gasteiger partial charge on any atom is 0.335 e. The lowest BCUT2D eigenvalue weighted by Gasteiger charge is -2.02. The Kier molecular flexibility index (Phi) is 4.77. The standard InChI is InChI=1S/C13H12O6/c1-2-19-12(16)5-3-4-9-10(14)6-8(13(17)18)7-11(9)15/h6-7,14-15H,2,5H2,1H3,(H,17,18). The van der Waals surface area contributed by atoms with Crippen LogP contribution in [0, 0.1) is 11.8 Å². The molecule has 6 heteroatoms. The average Bonchev–Trinajstić information content (AvgIpc) is 2.32. The van der Waals surface area contributed by atoms with Gasteiger partial charge in [-0.25, -0.2) is 4.79 Å². The molecular formula is C13H12O6. The molecule has 0 saturated heterocycles. The Balaban J connectivity index is 2.94. The third kappa shape index (κ3) is 3.92. The van der Waals surface area contributed by atoms with Crippen molar-refractivity contribution in [1.82, 2.24) is 0 Å². The van der Waals surface area contributed by atoms with Crippen molar-refractivity contribution in [3.8, 4) is 23.3 Å². The van der Waals surface area contributed by atoms with Crippen LogP contribution in [0.5, 0.6) is 11.5 Å². The van der Waals surface area contributed by atoms with Gasteiger partial charge in [-0.1, -0.05) is 11.8 Å². The lowest BCUT2D eigenvalue weighted by molar-refractivity contribution is -0.141. The predicted octanol–water partition coefficient (Wildman–Crippen LogP) is 1.10. The summed E-state index contributed by atoms with van der Waals surface area (Å²) in [5, 5.41) is 27.8. The highest BCUT2D eigenvalue weighted by Gasteiger charge is 2.11. The third-order valence-corrected chi connectivity index (χ3v) is 2.10. The molecule has 6 nitrogen and oxygen atoms in total. The minimum absolute atomic E-state index is 0.130. The van der Waals surface area contributed by atoms with Crippen LogP contribution in [0.25, 0.3) is 0 Å². The van der Waals surface area contributed by atoms with E-state index in [-0.39, 0.29) is 24.2 Å². The number of aromatic hydroxyl groups is 2. The normalized spacial score (nSPS) is 9.32. The smallest absolute Gasteiger partial charge is 0.335 e. The van der Waals surface area contributed by atoms with Gasteiger partial charge in [-0.15, -0.1) is 0 Å². The van der Waals surface area contributed by atoms with Gasteiger partial charge in [0.15, 0.2) is 0 Å². The number of carboxylic acid groups (broad SMARTS) is 1. The Morgan fingerprint density at radius 2 is 1.84 bits per heavy atom. The number of aromatic carboxylic acids is 1. The fourth-order valence-corrected chi connectivity index (χ4v) is 1.28. The molecule has 0 aliphatic rings. The lowest BCUT2D eigenvalue weighted by atomic mass is 10.1. The predicted molar refractivity (Wildman–Crippen MR) is 64.9 cm³/mol. The number of phenols is 2. The van der Waals surface area contributed by atoms with E-state index < -0.39 is 23.4 Å². The average molecular weight is 264 g/mol. The van der Waals surface area contributed by atoms with Crippen molar-refractivity contribution in [1.29, 1.82) is 0 Å². The van der Waals surface area contributed by atoms with E-state index in [0.29, 0.717) is 0 Å². The van der Waals surface area contributed by atoms with Crippen molar-refractivity contribution >= 4 is 11.9 Å². The zero-order chi connectivity index (χ0) is 14.4. The highest BCUT2D eigenvalue weighted by Crippen LogP contribution is 2.27. The molecule has 0 saturated carbocycles. The summed E-state index contributed by atoms with van der Waals surface area (Å²) in [7, 11) is 0. The molecule has 0 heterocycles. The summed E-state index contributed by atoms with van der Waals surface area (Å²) in [6, 6.07) is 1.94. The molecule has 0 radical (unpaired) electrons. The topological polar surface area (TPSA) is 104 Å². The summed E-state index contributed by atoms with van der Waals surface area (Å²) in [5.41, 5.74) is -0.389. The van der Waals surface area contributed by atoms with Gasteiger partial charge >= 0.3 is 11.9 Å². The number of hydrogen-bond acceptors (Lipinski definition) is 5. The summed E-state index contributed by atoms with van der Waals surface area (Å²) in [5.74, 6) is 2.09. The largest absolute Gasteiger partial charge is 0.506 e. The van der Waals surface area contributed by atoms with Gasteiger partial charge < -0.3 is 20.1 Å². The second kappa shape index (κ2) is 6.31. The summed E-state index contributed by atoms with van der Waals surface area (Å²) in [4.78, 5) is 21.7. The number of phenolic OH excluding ortho intramolecular Hbond substituents is 2. The summed E-state index contributed by atoms with van der Waals surface area (Å²) in [6.07, 6.45) is -0.187. The quantitative estimate of drug-likeness (QED) is 0.558. The van der Waals surface area contributed by atoms with Crippen molar-refractivity contribution < 1.29 is 29.6 Å². The van der Waals surface area contributed by atoms with Crippen LogP contribution in [0.15, 0.2) is 12.1 Å². The highest BCUT2D eigenvalue weighted by molar-refractivity contribution is 5.89. The van der Waals surface area contributed by atoms with Crippen molar-refractivity contribution in [2.45, 2.75) is 13.3 Å². The van der Waals surface area contributed by atoms with Gasteiger partial charge in [0, 0.05) is 0 Å². The van der Waals surface area contributed by atoms with Crippen LogP contribution in [-0.2, 0) is 9.53 Å². The number of ether oxygens (including phenoxy) is 1. The summed E-state index contributed by atoms with van der Waals surface area (Å²) in [6.45, 7) is 1.90. The molecule has 100 valence electrons. The maximum atomic E-state index is 11.0. The minimum atomic E-state index is -1.28. The van der Waals surface area contributed by atoms with Gasteiger partial charge in [0.05, 0.1) is 12.2 Å². The van der Waals surface area contributed by atoms with Crippen LogP contribution in [-0.4, -0.2) is 33.9 Å². The molecule has 0 spiro atoms. The van der Waals surface area contributed by atoms with Gasteiger partial charge in [-0.2, -0.15) is 0 Å². The first-order valence-corrected chi connectivity index (χ1v) is 5.39. The van der Waals surface area contributed by atoms with Gasteiger partial charge in [-0.3, -0.25) is 4.79 Å². The Bertz CT molecular complexity index is 541. The minimum Gasteiger partial charge on any atom is -0.506 e. The van der Waals surface area contributed by atoms with Crippen LogP contribution in [0.4, 0.5) is 0 Å². The molecule has 1 rings (SSSR count). The Labute approximate surface area is 109 Å². The molecule has 1 aromatic rings. The molecule has 3 N–H and O–H groups in total. The highest BCUT2D eigenvalue weighted by atomic mass is 16.5. The van der Waals surface area contributed by atoms with Crippen LogP contribution < -0.4 is 0 Å². The molecular weight excluding hydrogens is 252 g/mol. The van der Waals surface area contributed by atoms with Crippen LogP contribution >= 0.6 is 0 Å². The van der Waals surface area contributed by atoms with Crippen molar-refractivity contribution in [2.24, 2.45) is 0 Å². The monoisotopic (exact) mass is 264 g/mol. The maximum absolute atomic E-state index is 11.0. The molecule has 0 aliphatic heterocycles. The zero-order valence-electron chi connectivity index (χ0n) is 10.1. The fraction of sp³-hybridized carbons (Fsp3) is 0.231. The van der Waals surface area contributed by atoms with Crippen LogP contribution in [0.1, 0.15) is 29.3 Å². The van der Waals surface area contributed by atoms with E-state index in [1.54, 1.807) is 6.92 Å². The SMILES string of the molecule is CCOC(=O)CC#Cc1c(O)cc(C(=O)O)cc1O. The van der Waals surface area contributed by atoms with E-state index >= 15 is 0 Å². The first kappa shape index (κ1) is 14.4. The second-order valence-electron chi connectivity index (χ2n) is 3.48. The van der Waals surface area contributed by atoms with Crippen LogP contribution in [0.3, 0.4) is 0 Å². The Hall–Kier alpha value is -2.68. The number of rotatable bonds is 3. The Morgan fingerprint density at radius 3 is 2.32 bits per heavy atom. The number of carbonyl (C=O) groups is 2. The zero-order valence-corrected chi connectivity index (χ0v) is 10.1. The molecule has 0 bridgehead atoms. The van der Waals surface area contributed by atoms with E-state index in [0.717, 1.165) is 12.1 Å². The summed E-state index contributed by atoms with van der Waals surface area (Å²) < 4.78 is 4.65.